The summed E-state index contributed by atoms with van der Waals surface area (Å²) in [4.78, 5) is 0.324. The third-order valence-corrected chi connectivity index (χ3v) is 4.41. The summed E-state index contributed by atoms with van der Waals surface area (Å²) in [5.41, 5.74) is 8.26. The van der Waals surface area contributed by atoms with Gasteiger partial charge in [-0.25, -0.2) is 8.42 Å². The molecule has 0 heterocycles. The van der Waals surface area contributed by atoms with Gasteiger partial charge in [-0.1, -0.05) is 42.5 Å². The predicted octanol–water partition coefficient (Wildman–Crippen LogP) is 2.72. The van der Waals surface area contributed by atoms with E-state index in [1.807, 2.05) is 24.3 Å². The van der Waals surface area contributed by atoms with E-state index in [0.717, 1.165) is 18.4 Å². The molecular weight excluding hydrogens is 270 g/mol. The molecular formula is C16H19NO2S. The summed E-state index contributed by atoms with van der Waals surface area (Å²) in [6.45, 7) is 0. The quantitative estimate of drug-likeness (QED) is 0.920. The molecule has 106 valence electrons. The minimum absolute atomic E-state index is 0.156. The Balaban J connectivity index is 2.08. The lowest BCUT2D eigenvalue weighted by atomic mass is 10.00. The second kappa shape index (κ2) is 6.20. The number of aryl methyl sites for hydroxylation is 1. The van der Waals surface area contributed by atoms with Gasteiger partial charge < -0.3 is 5.73 Å². The van der Waals surface area contributed by atoms with Crippen LogP contribution >= 0.6 is 0 Å². The van der Waals surface area contributed by atoms with Crippen LogP contribution in [0.25, 0.3) is 0 Å². The van der Waals surface area contributed by atoms with Crippen LogP contribution in [0.15, 0.2) is 59.5 Å². The molecule has 0 saturated heterocycles. The lowest BCUT2D eigenvalue weighted by Crippen LogP contribution is -2.12. The van der Waals surface area contributed by atoms with Gasteiger partial charge >= 0.3 is 0 Å². The lowest BCUT2D eigenvalue weighted by molar-refractivity contribution is 0.601. The summed E-state index contributed by atoms with van der Waals surface area (Å²) < 4.78 is 23.1. The first-order valence-corrected chi connectivity index (χ1v) is 8.45. The zero-order valence-electron chi connectivity index (χ0n) is 11.5. The van der Waals surface area contributed by atoms with E-state index in [1.165, 1.54) is 11.8 Å². The molecule has 0 amide bonds. The summed E-state index contributed by atoms with van der Waals surface area (Å²) >= 11 is 0. The molecule has 0 aliphatic heterocycles. The van der Waals surface area contributed by atoms with Crippen molar-refractivity contribution in [3.8, 4) is 0 Å². The number of rotatable bonds is 5. The highest BCUT2D eigenvalue weighted by Gasteiger charge is 2.11. The molecule has 0 fully saturated rings. The normalized spacial score (nSPS) is 13.1. The molecule has 0 aliphatic carbocycles. The van der Waals surface area contributed by atoms with Gasteiger partial charge in [0.25, 0.3) is 0 Å². The van der Waals surface area contributed by atoms with Crippen LogP contribution in [0.2, 0.25) is 0 Å². The standard InChI is InChI=1S/C16H19NO2S/c1-20(18,19)15-9-5-8-14(12-15)16(17)11-10-13-6-3-2-4-7-13/h2-9,12,16H,10-11,17H2,1H3. The van der Waals surface area contributed by atoms with E-state index in [0.29, 0.717) is 4.90 Å². The number of hydrogen-bond acceptors (Lipinski definition) is 3. The fourth-order valence-corrected chi connectivity index (χ4v) is 2.79. The first kappa shape index (κ1) is 14.8. The van der Waals surface area contributed by atoms with Crippen LogP contribution < -0.4 is 5.73 Å². The molecule has 1 unspecified atom stereocenters. The van der Waals surface area contributed by atoms with Gasteiger partial charge in [-0.05, 0) is 36.1 Å². The molecule has 0 aromatic heterocycles. The predicted molar refractivity (Wildman–Crippen MR) is 81.2 cm³/mol. The summed E-state index contributed by atoms with van der Waals surface area (Å²) in [5, 5.41) is 0. The Morgan fingerprint density at radius 2 is 1.75 bits per heavy atom. The van der Waals surface area contributed by atoms with E-state index in [2.05, 4.69) is 12.1 Å². The summed E-state index contributed by atoms with van der Waals surface area (Å²) in [7, 11) is -3.18. The van der Waals surface area contributed by atoms with Crippen molar-refractivity contribution in [1.29, 1.82) is 0 Å². The smallest absolute Gasteiger partial charge is 0.175 e. The Kier molecular flexibility index (Phi) is 4.57. The topological polar surface area (TPSA) is 60.2 Å². The molecule has 20 heavy (non-hydrogen) atoms. The van der Waals surface area contributed by atoms with Crippen LogP contribution in [0.5, 0.6) is 0 Å². The summed E-state index contributed by atoms with van der Waals surface area (Å²) in [6, 6.07) is 16.9. The van der Waals surface area contributed by atoms with Crippen molar-refractivity contribution in [1.82, 2.24) is 0 Å². The molecule has 3 nitrogen and oxygen atoms in total. The minimum atomic E-state index is -3.18. The second-order valence-electron chi connectivity index (χ2n) is 4.98. The highest BCUT2D eigenvalue weighted by atomic mass is 32.2. The fourth-order valence-electron chi connectivity index (χ4n) is 2.11. The Morgan fingerprint density at radius 3 is 2.40 bits per heavy atom. The average molecular weight is 289 g/mol. The van der Waals surface area contributed by atoms with Gasteiger partial charge in [-0.3, -0.25) is 0 Å². The van der Waals surface area contributed by atoms with Crippen LogP contribution in [0, 0.1) is 0 Å². The summed E-state index contributed by atoms with van der Waals surface area (Å²) in [5.74, 6) is 0. The molecule has 2 aromatic carbocycles. The van der Waals surface area contributed by atoms with E-state index in [1.54, 1.807) is 18.2 Å². The van der Waals surface area contributed by atoms with Crippen LogP contribution in [-0.2, 0) is 16.3 Å². The van der Waals surface area contributed by atoms with Crippen molar-refractivity contribution in [3.05, 3.63) is 65.7 Å². The summed E-state index contributed by atoms with van der Waals surface area (Å²) in [6.07, 6.45) is 2.88. The van der Waals surface area contributed by atoms with Crippen LogP contribution in [0.1, 0.15) is 23.6 Å². The number of hydrogen-bond donors (Lipinski definition) is 1. The van der Waals surface area contributed by atoms with Gasteiger partial charge in [0.15, 0.2) is 9.84 Å². The average Bonchev–Trinajstić information content (AvgIpc) is 2.45. The Hall–Kier alpha value is -1.65. The van der Waals surface area contributed by atoms with Crippen molar-refractivity contribution >= 4 is 9.84 Å². The van der Waals surface area contributed by atoms with Crippen molar-refractivity contribution in [2.24, 2.45) is 5.73 Å². The number of benzene rings is 2. The molecule has 2 aromatic rings. The fraction of sp³-hybridized carbons (Fsp3) is 0.250. The van der Waals surface area contributed by atoms with Crippen LogP contribution in [0.3, 0.4) is 0 Å². The third kappa shape index (κ3) is 3.92. The first-order valence-electron chi connectivity index (χ1n) is 6.56. The Bertz CT molecular complexity index is 666. The Morgan fingerprint density at radius 1 is 1.05 bits per heavy atom. The van der Waals surface area contributed by atoms with Crippen molar-refractivity contribution in [3.63, 3.8) is 0 Å². The van der Waals surface area contributed by atoms with Crippen LogP contribution in [0.4, 0.5) is 0 Å². The van der Waals surface area contributed by atoms with Gasteiger partial charge in [0.2, 0.25) is 0 Å². The van der Waals surface area contributed by atoms with Gasteiger partial charge in [0.05, 0.1) is 4.90 Å². The number of sulfone groups is 1. The van der Waals surface area contributed by atoms with Crippen molar-refractivity contribution < 1.29 is 8.42 Å². The van der Waals surface area contributed by atoms with E-state index >= 15 is 0 Å². The molecule has 2 N–H and O–H groups in total. The molecule has 0 spiro atoms. The maximum Gasteiger partial charge on any atom is 0.175 e. The maximum atomic E-state index is 11.5. The molecule has 4 heteroatoms. The van der Waals surface area contributed by atoms with E-state index in [9.17, 15) is 8.42 Å². The third-order valence-electron chi connectivity index (χ3n) is 3.30. The molecule has 0 bridgehead atoms. The van der Waals surface area contributed by atoms with Gasteiger partial charge in [0, 0.05) is 12.3 Å². The molecule has 0 aliphatic rings. The second-order valence-corrected chi connectivity index (χ2v) is 6.99. The zero-order chi connectivity index (χ0) is 14.6. The SMILES string of the molecule is CS(=O)(=O)c1cccc(C(N)CCc2ccccc2)c1. The number of nitrogens with two attached hydrogens (primary N) is 1. The van der Waals surface area contributed by atoms with Gasteiger partial charge in [-0.15, -0.1) is 0 Å². The van der Waals surface area contributed by atoms with E-state index < -0.39 is 9.84 Å². The lowest BCUT2D eigenvalue weighted by Gasteiger charge is -2.13. The van der Waals surface area contributed by atoms with E-state index in [-0.39, 0.29) is 6.04 Å². The highest BCUT2D eigenvalue weighted by molar-refractivity contribution is 7.90. The monoisotopic (exact) mass is 289 g/mol. The largest absolute Gasteiger partial charge is 0.324 e. The molecule has 0 saturated carbocycles. The molecule has 0 radical (unpaired) electrons. The van der Waals surface area contributed by atoms with Gasteiger partial charge in [0.1, 0.15) is 0 Å². The molecule has 2 rings (SSSR count). The minimum Gasteiger partial charge on any atom is -0.324 e. The van der Waals surface area contributed by atoms with Crippen LogP contribution in [-0.4, -0.2) is 14.7 Å². The highest BCUT2D eigenvalue weighted by Crippen LogP contribution is 2.20. The Labute approximate surface area is 120 Å². The maximum absolute atomic E-state index is 11.5. The van der Waals surface area contributed by atoms with Crippen molar-refractivity contribution in [2.45, 2.75) is 23.8 Å². The van der Waals surface area contributed by atoms with E-state index in [4.69, 9.17) is 5.73 Å². The zero-order valence-corrected chi connectivity index (χ0v) is 12.3. The van der Waals surface area contributed by atoms with Gasteiger partial charge in [-0.2, -0.15) is 0 Å². The van der Waals surface area contributed by atoms with Crippen molar-refractivity contribution in [2.75, 3.05) is 6.26 Å². The molecule has 1 atom stereocenters. The first-order chi connectivity index (χ1) is 9.47.